The summed E-state index contributed by atoms with van der Waals surface area (Å²) in [6, 6.07) is 15.1. The third kappa shape index (κ3) is 3.31. The molecule has 8 nitrogen and oxygen atoms in total. The van der Waals surface area contributed by atoms with E-state index < -0.39 is 10.2 Å². The summed E-state index contributed by atoms with van der Waals surface area (Å²) < 4.78 is 31.7. The van der Waals surface area contributed by atoms with E-state index in [1.165, 1.54) is 4.31 Å². The van der Waals surface area contributed by atoms with Crippen LogP contribution < -0.4 is 13.5 Å². The fourth-order valence-corrected chi connectivity index (χ4v) is 6.74. The molecule has 0 spiro atoms. The molecule has 0 N–H and O–H groups in total. The topological polar surface area (TPSA) is 74.6 Å². The maximum absolute atomic E-state index is 13.3. The second-order valence-electron chi connectivity index (χ2n) is 8.03. The van der Waals surface area contributed by atoms with Crippen LogP contribution in [0, 0.1) is 6.92 Å². The van der Waals surface area contributed by atoms with Crippen molar-refractivity contribution >= 4 is 39.1 Å². The van der Waals surface area contributed by atoms with Crippen LogP contribution in [0.25, 0.3) is 5.69 Å². The van der Waals surface area contributed by atoms with Crippen molar-refractivity contribution in [1.29, 1.82) is 0 Å². The summed E-state index contributed by atoms with van der Waals surface area (Å²) in [5, 5.41) is 9.38. The molecule has 3 aromatic rings. The molecule has 3 heterocycles. The van der Waals surface area contributed by atoms with Crippen LogP contribution in [0.4, 0.5) is 17.3 Å². The second-order valence-corrected chi connectivity index (χ2v) is 10.2. The predicted octanol–water partition coefficient (Wildman–Crippen LogP) is 3.79. The lowest BCUT2D eigenvalue weighted by molar-refractivity contribution is 0.487. The van der Waals surface area contributed by atoms with Crippen LogP contribution in [0.15, 0.2) is 48.5 Å². The molecule has 0 amide bonds. The Morgan fingerprint density at radius 1 is 1.00 bits per heavy atom. The van der Waals surface area contributed by atoms with E-state index in [0.717, 1.165) is 28.8 Å². The summed E-state index contributed by atoms with van der Waals surface area (Å²) in [4.78, 5) is 2.18. The molecular weight excluding hydrogens is 448 g/mol. The Morgan fingerprint density at radius 2 is 1.66 bits per heavy atom. The smallest absolute Gasteiger partial charge is 0.326 e. The summed E-state index contributed by atoms with van der Waals surface area (Å²) in [6.45, 7) is 5.59. The average Bonchev–Trinajstić information content (AvgIpc) is 3.28. The second kappa shape index (κ2) is 7.97. The van der Waals surface area contributed by atoms with Gasteiger partial charge in [0.25, 0.3) is 0 Å². The van der Waals surface area contributed by atoms with Crippen LogP contribution >= 0.6 is 11.6 Å². The van der Waals surface area contributed by atoms with Gasteiger partial charge < -0.3 is 4.90 Å². The summed E-state index contributed by atoms with van der Waals surface area (Å²) in [5.74, 6) is 1.56. The van der Waals surface area contributed by atoms with E-state index in [4.69, 9.17) is 11.6 Å². The summed E-state index contributed by atoms with van der Waals surface area (Å²) in [6.07, 6.45) is 1.41. The van der Waals surface area contributed by atoms with Crippen molar-refractivity contribution in [1.82, 2.24) is 14.8 Å². The largest absolute Gasteiger partial charge is 0.340 e. The van der Waals surface area contributed by atoms with Gasteiger partial charge in [-0.05, 0) is 63.1 Å². The lowest BCUT2D eigenvalue weighted by Gasteiger charge is -2.37. The van der Waals surface area contributed by atoms with Gasteiger partial charge in [0.1, 0.15) is 5.82 Å². The first kappa shape index (κ1) is 21.1. The highest BCUT2D eigenvalue weighted by Crippen LogP contribution is 2.43. The van der Waals surface area contributed by atoms with E-state index >= 15 is 0 Å². The number of aromatic nitrogens is 3. The molecule has 0 saturated carbocycles. The van der Waals surface area contributed by atoms with Gasteiger partial charge in [-0.3, -0.25) is 8.87 Å². The molecule has 1 fully saturated rings. The van der Waals surface area contributed by atoms with Crippen LogP contribution in [0.5, 0.6) is 0 Å². The molecule has 2 aliphatic rings. The van der Waals surface area contributed by atoms with Crippen LogP contribution in [-0.2, 0) is 10.2 Å². The fourth-order valence-electron chi connectivity index (χ4n) is 4.68. The van der Waals surface area contributed by atoms with Crippen molar-refractivity contribution in [2.24, 2.45) is 0 Å². The van der Waals surface area contributed by atoms with Crippen LogP contribution in [0.3, 0.4) is 0 Å². The molecule has 168 valence electrons. The number of halogens is 1. The van der Waals surface area contributed by atoms with Gasteiger partial charge in [-0.25, -0.2) is 4.31 Å². The normalized spacial score (nSPS) is 18.3. The SMILES string of the molecule is CCN1c2ccccc2N(C2CCN(c3nnc(C)n3-c3ccc(Cl)cc3)CC2)S1(=O)=O. The Kier molecular flexibility index (Phi) is 5.25. The first-order valence-electron chi connectivity index (χ1n) is 10.8. The molecule has 0 atom stereocenters. The van der Waals surface area contributed by atoms with E-state index in [1.807, 2.05) is 66.9 Å². The Morgan fingerprint density at radius 3 is 2.31 bits per heavy atom. The standard InChI is InChI=1S/C22H25ClN6O2S/c1-3-27-20-6-4-5-7-21(20)29(32(27,30)31)19-12-14-26(15-13-19)22-25-24-16(2)28(22)18-10-8-17(23)9-11-18/h4-11,19H,3,12-15H2,1-2H3. The molecule has 5 rings (SSSR count). The molecule has 0 bridgehead atoms. The number of hydrogen-bond acceptors (Lipinski definition) is 5. The highest BCUT2D eigenvalue weighted by molar-refractivity contribution is 7.94. The first-order valence-corrected chi connectivity index (χ1v) is 12.5. The maximum atomic E-state index is 13.3. The predicted molar refractivity (Wildman–Crippen MR) is 127 cm³/mol. The number of hydrogen-bond donors (Lipinski definition) is 0. The van der Waals surface area contributed by atoms with E-state index in [9.17, 15) is 8.42 Å². The zero-order chi connectivity index (χ0) is 22.5. The summed E-state index contributed by atoms with van der Waals surface area (Å²) >= 11 is 6.05. The molecule has 0 unspecified atom stereocenters. The lowest BCUT2D eigenvalue weighted by atomic mass is 10.0. The van der Waals surface area contributed by atoms with E-state index in [-0.39, 0.29) is 6.04 Å². The number of piperidine rings is 1. The van der Waals surface area contributed by atoms with Crippen molar-refractivity contribution in [2.45, 2.75) is 32.7 Å². The van der Waals surface area contributed by atoms with Crippen molar-refractivity contribution in [3.05, 3.63) is 59.4 Å². The minimum absolute atomic E-state index is 0.0954. The number of fused-ring (bicyclic) bond motifs is 1. The molecule has 2 aromatic carbocycles. The van der Waals surface area contributed by atoms with Crippen molar-refractivity contribution in [2.75, 3.05) is 33.1 Å². The maximum Gasteiger partial charge on any atom is 0.326 e. The lowest BCUT2D eigenvalue weighted by Crippen LogP contribution is -2.49. The third-order valence-electron chi connectivity index (χ3n) is 6.17. The summed E-state index contributed by atoms with van der Waals surface area (Å²) in [5.41, 5.74) is 2.48. The first-order chi connectivity index (χ1) is 15.4. The minimum Gasteiger partial charge on any atom is -0.340 e. The van der Waals surface area contributed by atoms with Gasteiger partial charge in [0, 0.05) is 24.7 Å². The molecular formula is C22H25ClN6O2S. The number of rotatable bonds is 4. The third-order valence-corrected chi connectivity index (χ3v) is 8.43. The van der Waals surface area contributed by atoms with Gasteiger partial charge in [0.2, 0.25) is 5.95 Å². The van der Waals surface area contributed by atoms with Crippen molar-refractivity contribution in [3.63, 3.8) is 0 Å². The molecule has 0 radical (unpaired) electrons. The number of para-hydroxylation sites is 2. The average molecular weight is 473 g/mol. The molecule has 1 aromatic heterocycles. The molecule has 2 aliphatic heterocycles. The highest BCUT2D eigenvalue weighted by atomic mass is 35.5. The molecule has 32 heavy (non-hydrogen) atoms. The zero-order valence-electron chi connectivity index (χ0n) is 18.0. The number of aryl methyl sites for hydroxylation is 1. The van der Waals surface area contributed by atoms with Gasteiger partial charge in [-0.15, -0.1) is 10.2 Å². The van der Waals surface area contributed by atoms with E-state index in [1.54, 1.807) is 4.31 Å². The molecule has 10 heteroatoms. The molecule has 0 aliphatic carbocycles. The van der Waals surface area contributed by atoms with Gasteiger partial charge in [0.15, 0.2) is 0 Å². The van der Waals surface area contributed by atoms with Crippen LogP contribution in [0.1, 0.15) is 25.6 Å². The highest BCUT2D eigenvalue weighted by Gasteiger charge is 2.44. The Bertz CT molecular complexity index is 1240. The Labute approximate surface area is 193 Å². The van der Waals surface area contributed by atoms with Gasteiger partial charge >= 0.3 is 10.2 Å². The minimum atomic E-state index is -3.57. The number of benzene rings is 2. The van der Waals surface area contributed by atoms with Gasteiger partial charge in [-0.2, -0.15) is 8.42 Å². The molecule has 1 saturated heterocycles. The quantitative estimate of drug-likeness (QED) is 0.577. The van der Waals surface area contributed by atoms with E-state index in [2.05, 4.69) is 15.1 Å². The van der Waals surface area contributed by atoms with Gasteiger partial charge in [-0.1, -0.05) is 23.7 Å². The number of nitrogens with zero attached hydrogens (tertiary/aromatic N) is 6. The van der Waals surface area contributed by atoms with Crippen LogP contribution in [-0.4, -0.2) is 48.9 Å². The monoisotopic (exact) mass is 472 g/mol. The fraction of sp³-hybridized carbons (Fsp3) is 0.364. The van der Waals surface area contributed by atoms with Crippen molar-refractivity contribution in [3.8, 4) is 5.69 Å². The number of anilines is 3. The van der Waals surface area contributed by atoms with Crippen LogP contribution in [0.2, 0.25) is 5.02 Å². The van der Waals surface area contributed by atoms with E-state index in [0.29, 0.717) is 37.5 Å². The van der Waals surface area contributed by atoms with Gasteiger partial charge in [0.05, 0.1) is 23.1 Å². The van der Waals surface area contributed by atoms with Crippen molar-refractivity contribution < 1.29 is 8.42 Å². The zero-order valence-corrected chi connectivity index (χ0v) is 19.6. The Hall–Kier alpha value is -2.78. The Balaban J connectivity index is 1.40. The summed E-state index contributed by atoms with van der Waals surface area (Å²) in [7, 11) is -3.57.